The van der Waals surface area contributed by atoms with Crippen LogP contribution in [0.25, 0.3) is 0 Å². The first-order valence-electron chi connectivity index (χ1n) is 27.3. The zero-order chi connectivity index (χ0) is 50.0. The van der Waals surface area contributed by atoms with Gasteiger partial charge in [0.25, 0.3) is 0 Å². The summed E-state index contributed by atoms with van der Waals surface area (Å²) in [7, 11) is 0. The van der Waals surface area contributed by atoms with Gasteiger partial charge >= 0.3 is 17.9 Å². The summed E-state index contributed by atoms with van der Waals surface area (Å²) in [4.78, 5) is 38.1. The molecule has 0 aromatic carbocycles. The Morgan fingerprint density at radius 2 is 0.522 bits per heavy atom. The van der Waals surface area contributed by atoms with Gasteiger partial charge in [0.15, 0.2) is 6.10 Å². The molecule has 0 aliphatic heterocycles. The van der Waals surface area contributed by atoms with Crippen molar-refractivity contribution in [2.24, 2.45) is 0 Å². The van der Waals surface area contributed by atoms with Gasteiger partial charge in [0.05, 0.1) is 0 Å². The molecule has 6 nitrogen and oxygen atoms in total. The fraction of sp³-hybridized carbons (Fsp3) is 0.571. The molecule has 0 aromatic rings. The molecule has 0 bridgehead atoms. The second-order valence-corrected chi connectivity index (χ2v) is 17.3. The summed E-state index contributed by atoms with van der Waals surface area (Å²) in [5.74, 6) is -1.01. The number of rotatable bonds is 47. The van der Waals surface area contributed by atoms with Crippen LogP contribution >= 0.6 is 0 Å². The number of ether oxygens (including phenoxy) is 3. The maximum Gasteiger partial charge on any atom is 0.306 e. The lowest BCUT2D eigenvalue weighted by molar-refractivity contribution is -0.167. The summed E-state index contributed by atoms with van der Waals surface area (Å²) in [6.45, 7) is 6.21. The molecule has 69 heavy (non-hydrogen) atoms. The Morgan fingerprint density at radius 1 is 0.290 bits per heavy atom. The van der Waals surface area contributed by atoms with Gasteiger partial charge in [-0.15, -0.1) is 0 Å². The summed E-state index contributed by atoms with van der Waals surface area (Å²) in [6, 6.07) is 0. The second kappa shape index (κ2) is 55.9. The van der Waals surface area contributed by atoms with Crippen LogP contribution in [0.5, 0.6) is 0 Å². The molecule has 0 aliphatic carbocycles. The normalized spacial score (nSPS) is 13.3. The number of esters is 3. The topological polar surface area (TPSA) is 78.9 Å². The molecule has 0 fully saturated rings. The average molecular weight is 951 g/mol. The zero-order valence-electron chi connectivity index (χ0n) is 44.0. The standard InChI is InChI=1S/C63H98O6/c1-4-7-10-13-16-19-22-25-28-30-31-33-35-38-41-44-47-50-53-56-62(65)68-59-60(58-67-61(64)55-52-49-46-43-40-37-34-27-24-21-18-15-12-9-6-3)69-63(66)57-54-51-48-45-42-39-36-32-29-26-23-20-17-14-11-8-5-2/h7-12,16-21,25-29,31,33-34,38,40-41,43,60H,4-6,13-15,22-24,30,32,35-37,39,42,44-59H2,1-3H3/b10-7-,11-8-,12-9-,19-16-,20-17-,21-18-,28-25-,29-26-,33-31-,34-27-,41-38-,43-40-. The number of allylic oxidation sites excluding steroid dienone is 24. The molecule has 0 amide bonds. The van der Waals surface area contributed by atoms with Crippen molar-refractivity contribution in [3.05, 3.63) is 146 Å². The smallest absolute Gasteiger partial charge is 0.306 e. The first-order chi connectivity index (χ1) is 34.0. The molecule has 0 heterocycles. The first-order valence-corrected chi connectivity index (χ1v) is 27.3. The lowest BCUT2D eigenvalue weighted by Crippen LogP contribution is -2.30. The molecule has 0 saturated heterocycles. The number of carbonyl (C=O) groups excluding carboxylic acids is 3. The molecule has 0 aromatic heterocycles. The predicted molar refractivity (Wildman–Crippen MR) is 297 cm³/mol. The van der Waals surface area contributed by atoms with Crippen LogP contribution in [0.2, 0.25) is 0 Å². The maximum absolute atomic E-state index is 12.8. The van der Waals surface area contributed by atoms with Crippen LogP contribution in [0, 0.1) is 0 Å². The highest BCUT2D eigenvalue weighted by molar-refractivity contribution is 5.71. The van der Waals surface area contributed by atoms with Gasteiger partial charge in [-0.2, -0.15) is 0 Å². The van der Waals surface area contributed by atoms with Crippen LogP contribution in [0.15, 0.2) is 146 Å². The fourth-order valence-corrected chi connectivity index (χ4v) is 6.83. The van der Waals surface area contributed by atoms with E-state index in [0.29, 0.717) is 25.7 Å². The van der Waals surface area contributed by atoms with E-state index >= 15 is 0 Å². The molecule has 0 saturated carbocycles. The Morgan fingerprint density at radius 3 is 0.855 bits per heavy atom. The summed E-state index contributed by atoms with van der Waals surface area (Å²) in [5, 5.41) is 0. The molecular formula is C63H98O6. The van der Waals surface area contributed by atoms with E-state index in [4.69, 9.17) is 14.2 Å². The van der Waals surface area contributed by atoms with E-state index in [2.05, 4.69) is 167 Å². The third-order valence-electron chi connectivity index (χ3n) is 10.8. The molecule has 1 atom stereocenters. The van der Waals surface area contributed by atoms with Gasteiger partial charge in [0.1, 0.15) is 13.2 Å². The minimum Gasteiger partial charge on any atom is -0.462 e. The Labute approximate surface area is 423 Å². The van der Waals surface area contributed by atoms with Crippen LogP contribution in [0.3, 0.4) is 0 Å². The van der Waals surface area contributed by atoms with E-state index in [9.17, 15) is 14.4 Å². The van der Waals surface area contributed by atoms with Gasteiger partial charge in [-0.1, -0.05) is 205 Å². The van der Waals surface area contributed by atoms with Gasteiger partial charge in [0.2, 0.25) is 0 Å². The first kappa shape index (κ1) is 64.3. The van der Waals surface area contributed by atoms with Gasteiger partial charge in [0, 0.05) is 19.3 Å². The quantitative estimate of drug-likeness (QED) is 0.0262. The van der Waals surface area contributed by atoms with Crippen molar-refractivity contribution in [3.8, 4) is 0 Å². The molecule has 6 heteroatoms. The SMILES string of the molecule is CC/C=C\C/C=C\C/C=C\C/C=C\C/C=C\CCCCCC(=O)OCC(COC(=O)CCCC/C=C\C/C=C\C/C=C\C/C=C\CC)OC(=O)CCCCCCCCC/C=C\C/C=C\C/C=C\CC. The summed E-state index contributed by atoms with van der Waals surface area (Å²) in [5.41, 5.74) is 0. The molecule has 0 spiro atoms. The van der Waals surface area contributed by atoms with Crippen LogP contribution < -0.4 is 0 Å². The maximum atomic E-state index is 12.8. The predicted octanol–water partition coefficient (Wildman–Crippen LogP) is 18.4. The third-order valence-corrected chi connectivity index (χ3v) is 10.8. The van der Waals surface area contributed by atoms with E-state index in [1.165, 1.54) is 19.3 Å². The highest BCUT2D eigenvalue weighted by Crippen LogP contribution is 2.13. The number of hydrogen-bond donors (Lipinski definition) is 0. The Bertz CT molecular complexity index is 1560. The van der Waals surface area contributed by atoms with Crippen molar-refractivity contribution in [3.63, 3.8) is 0 Å². The highest BCUT2D eigenvalue weighted by atomic mass is 16.6. The van der Waals surface area contributed by atoms with E-state index in [0.717, 1.165) is 148 Å². The van der Waals surface area contributed by atoms with E-state index in [1.807, 2.05) is 0 Å². The van der Waals surface area contributed by atoms with Crippen molar-refractivity contribution < 1.29 is 28.6 Å². The zero-order valence-corrected chi connectivity index (χ0v) is 44.0. The summed E-state index contributed by atoms with van der Waals surface area (Å²) >= 11 is 0. The number of hydrogen-bond acceptors (Lipinski definition) is 6. The van der Waals surface area contributed by atoms with Crippen LogP contribution in [0.4, 0.5) is 0 Å². The molecule has 1 unspecified atom stereocenters. The highest BCUT2D eigenvalue weighted by Gasteiger charge is 2.19. The monoisotopic (exact) mass is 951 g/mol. The van der Waals surface area contributed by atoms with E-state index in [-0.39, 0.29) is 31.1 Å². The van der Waals surface area contributed by atoms with Crippen molar-refractivity contribution in [1.82, 2.24) is 0 Å². The van der Waals surface area contributed by atoms with E-state index < -0.39 is 6.10 Å². The van der Waals surface area contributed by atoms with Crippen molar-refractivity contribution in [2.75, 3.05) is 13.2 Å². The van der Waals surface area contributed by atoms with Crippen molar-refractivity contribution >= 4 is 17.9 Å². The Balaban J connectivity index is 4.55. The summed E-state index contributed by atoms with van der Waals surface area (Å²) < 4.78 is 16.8. The van der Waals surface area contributed by atoms with Crippen LogP contribution in [-0.2, 0) is 28.6 Å². The van der Waals surface area contributed by atoms with Gasteiger partial charge < -0.3 is 14.2 Å². The molecule has 0 rings (SSSR count). The third kappa shape index (κ3) is 54.1. The minimum absolute atomic E-state index is 0.119. The average Bonchev–Trinajstić information content (AvgIpc) is 3.35. The number of unbranched alkanes of at least 4 members (excludes halogenated alkanes) is 12. The summed E-state index contributed by atoms with van der Waals surface area (Å²) in [6.07, 6.45) is 79.8. The van der Waals surface area contributed by atoms with E-state index in [1.54, 1.807) is 0 Å². The largest absolute Gasteiger partial charge is 0.462 e. The Hall–Kier alpha value is -4.71. The molecule has 0 radical (unpaired) electrons. The van der Waals surface area contributed by atoms with Crippen LogP contribution in [-0.4, -0.2) is 37.2 Å². The molecular weight excluding hydrogens is 853 g/mol. The molecule has 386 valence electrons. The fourth-order valence-electron chi connectivity index (χ4n) is 6.83. The van der Waals surface area contributed by atoms with Crippen molar-refractivity contribution in [2.45, 2.75) is 219 Å². The second-order valence-electron chi connectivity index (χ2n) is 17.3. The minimum atomic E-state index is -0.821. The molecule has 0 aliphatic rings. The van der Waals surface area contributed by atoms with Crippen LogP contribution in [0.1, 0.15) is 213 Å². The van der Waals surface area contributed by atoms with Gasteiger partial charge in [-0.05, 0) is 135 Å². The van der Waals surface area contributed by atoms with Crippen molar-refractivity contribution in [1.29, 1.82) is 0 Å². The number of carbonyl (C=O) groups is 3. The van der Waals surface area contributed by atoms with Gasteiger partial charge in [-0.25, -0.2) is 0 Å². The van der Waals surface area contributed by atoms with Gasteiger partial charge in [-0.3, -0.25) is 14.4 Å². The lowest BCUT2D eigenvalue weighted by Gasteiger charge is -2.18. The Kier molecular flexibility index (Phi) is 52.1. The molecule has 0 N–H and O–H groups in total. The lowest BCUT2D eigenvalue weighted by atomic mass is 10.1.